The highest BCUT2D eigenvalue weighted by Gasteiger charge is 2.24. The van der Waals surface area contributed by atoms with Gasteiger partial charge in [-0.15, -0.1) is 0 Å². The van der Waals surface area contributed by atoms with Crippen LogP contribution in [0.15, 0.2) is 0 Å². The van der Waals surface area contributed by atoms with Crippen molar-refractivity contribution in [2.75, 3.05) is 6.54 Å². The molecule has 3 nitrogen and oxygen atoms in total. The first-order chi connectivity index (χ1) is 4.68. The van der Waals surface area contributed by atoms with Gasteiger partial charge in [0.25, 0.3) is 0 Å². The van der Waals surface area contributed by atoms with Crippen LogP contribution in [0.5, 0.6) is 0 Å². The number of rotatable bonds is 3. The van der Waals surface area contributed by atoms with E-state index in [1.165, 1.54) is 12.8 Å². The molecule has 0 aromatic carbocycles. The highest BCUT2D eigenvalue weighted by atomic mass is 16.1. The minimum Gasteiger partial charge on any atom is -0.369 e. The molecule has 0 aromatic heterocycles. The van der Waals surface area contributed by atoms with Crippen LogP contribution in [0.25, 0.3) is 0 Å². The van der Waals surface area contributed by atoms with E-state index in [1.807, 2.05) is 0 Å². The predicted molar refractivity (Wildman–Crippen MR) is 39.4 cm³/mol. The van der Waals surface area contributed by atoms with Crippen molar-refractivity contribution in [3.05, 3.63) is 0 Å². The van der Waals surface area contributed by atoms with Crippen molar-refractivity contribution in [2.24, 2.45) is 11.7 Å². The summed E-state index contributed by atoms with van der Waals surface area (Å²) in [6, 6.07) is 0.544. The van der Waals surface area contributed by atoms with Crippen molar-refractivity contribution >= 4 is 5.91 Å². The normalized spacial score (nSPS) is 31.3. The average molecular weight is 142 g/mol. The van der Waals surface area contributed by atoms with E-state index in [0.717, 1.165) is 5.92 Å². The summed E-state index contributed by atoms with van der Waals surface area (Å²) in [5.41, 5.74) is 4.95. The Labute approximate surface area is 61.0 Å². The Morgan fingerprint density at radius 3 is 2.70 bits per heavy atom. The van der Waals surface area contributed by atoms with Gasteiger partial charge >= 0.3 is 0 Å². The van der Waals surface area contributed by atoms with Crippen LogP contribution in [0.1, 0.15) is 19.8 Å². The van der Waals surface area contributed by atoms with Crippen molar-refractivity contribution in [1.82, 2.24) is 5.32 Å². The molecule has 0 radical (unpaired) electrons. The summed E-state index contributed by atoms with van der Waals surface area (Å²) >= 11 is 0. The van der Waals surface area contributed by atoms with E-state index in [2.05, 4.69) is 12.2 Å². The molecule has 0 atom stereocenters. The molecule has 1 rings (SSSR count). The molecule has 3 N–H and O–H groups in total. The molecule has 0 spiro atoms. The van der Waals surface area contributed by atoms with Gasteiger partial charge in [-0.3, -0.25) is 4.79 Å². The first-order valence-electron chi connectivity index (χ1n) is 3.70. The molecule has 0 unspecified atom stereocenters. The third-order valence-corrected chi connectivity index (χ3v) is 1.94. The van der Waals surface area contributed by atoms with Crippen molar-refractivity contribution < 1.29 is 4.79 Å². The molecular weight excluding hydrogens is 128 g/mol. The van der Waals surface area contributed by atoms with Gasteiger partial charge < -0.3 is 11.1 Å². The highest BCUT2D eigenvalue weighted by molar-refractivity contribution is 5.75. The molecule has 1 aliphatic rings. The number of carbonyl (C=O) groups excluding carboxylic acids is 1. The van der Waals surface area contributed by atoms with Crippen molar-refractivity contribution in [2.45, 2.75) is 25.8 Å². The Balaban J connectivity index is 2.00. The fourth-order valence-electron chi connectivity index (χ4n) is 1.31. The summed E-state index contributed by atoms with van der Waals surface area (Å²) in [4.78, 5) is 10.3. The Kier molecular flexibility index (Phi) is 2.27. The molecular formula is C7H14N2O. The number of amides is 1. The van der Waals surface area contributed by atoms with Crippen LogP contribution in [-0.2, 0) is 4.79 Å². The minimum atomic E-state index is -0.264. The third-order valence-electron chi connectivity index (χ3n) is 1.94. The molecule has 0 aromatic rings. The van der Waals surface area contributed by atoms with Gasteiger partial charge in [0, 0.05) is 6.04 Å². The smallest absolute Gasteiger partial charge is 0.231 e. The van der Waals surface area contributed by atoms with E-state index >= 15 is 0 Å². The van der Waals surface area contributed by atoms with Crippen LogP contribution < -0.4 is 11.1 Å². The molecule has 0 aliphatic heterocycles. The lowest BCUT2D eigenvalue weighted by Gasteiger charge is -2.33. The summed E-state index contributed by atoms with van der Waals surface area (Å²) in [5, 5.41) is 3.07. The summed E-state index contributed by atoms with van der Waals surface area (Å²) in [6.45, 7) is 2.54. The van der Waals surface area contributed by atoms with Crippen LogP contribution in [0.4, 0.5) is 0 Å². The van der Waals surface area contributed by atoms with Crippen molar-refractivity contribution in [1.29, 1.82) is 0 Å². The second kappa shape index (κ2) is 3.01. The monoisotopic (exact) mass is 142 g/mol. The fourth-order valence-corrected chi connectivity index (χ4v) is 1.31. The molecule has 3 heteroatoms. The lowest BCUT2D eigenvalue weighted by molar-refractivity contribution is -0.117. The number of hydrogen-bond acceptors (Lipinski definition) is 2. The number of nitrogens with two attached hydrogens (primary N) is 1. The van der Waals surface area contributed by atoms with Crippen LogP contribution in [0, 0.1) is 5.92 Å². The first kappa shape index (κ1) is 7.54. The lowest BCUT2D eigenvalue weighted by Crippen LogP contribution is -2.43. The zero-order valence-corrected chi connectivity index (χ0v) is 6.26. The van der Waals surface area contributed by atoms with Crippen molar-refractivity contribution in [3.8, 4) is 0 Å². The van der Waals surface area contributed by atoms with Crippen LogP contribution >= 0.6 is 0 Å². The molecule has 58 valence electrons. The molecule has 1 amide bonds. The summed E-state index contributed by atoms with van der Waals surface area (Å²) in [6.07, 6.45) is 2.38. The number of nitrogens with one attached hydrogen (secondary N) is 1. The van der Waals surface area contributed by atoms with Gasteiger partial charge in [0.15, 0.2) is 0 Å². The van der Waals surface area contributed by atoms with E-state index in [4.69, 9.17) is 5.73 Å². The molecule has 0 saturated heterocycles. The Bertz CT molecular complexity index is 130. The first-order valence-corrected chi connectivity index (χ1v) is 3.70. The Morgan fingerprint density at radius 1 is 1.70 bits per heavy atom. The fraction of sp³-hybridized carbons (Fsp3) is 0.857. The maximum Gasteiger partial charge on any atom is 0.231 e. The van der Waals surface area contributed by atoms with E-state index in [9.17, 15) is 4.79 Å². The largest absolute Gasteiger partial charge is 0.369 e. The lowest BCUT2D eigenvalue weighted by atomic mass is 9.82. The van der Waals surface area contributed by atoms with Gasteiger partial charge in [-0.2, -0.15) is 0 Å². The van der Waals surface area contributed by atoms with Gasteiger partial charge in [-0.05, 0) is 18.8 Å². The second-order valence-corrected chi connectivity index (χ2v) is 3.12. The average Bonchev–Trinajstić information content (AvgIpc) is 1.77. The Morgan fingerprint density at radius 2 is 2.30 bits per heavy atom. The van der Waals surface area contributed by atoms with Gasteiger partial charge in [0.05, 0.1) is 6.54 Å². The second-order valence-electron chi connectivity index (χ2n) is 3.12. The number of primary amides is 1. The third kappa shape index (κ3) is 1.99. The highest BCUT2D eigenvalue weighted by Crippen LogP contribution is 2.25. The summed E-state index contributed by atoms with van der Waals surface area (Å²) in [5.74, 6) is 0.560. The maximum atomic E-state index is 10.3. The quantitative estimate of drug-likeness (QED) is 0.576. The topological polar surface area (TPSA) is 55.1 Å². The molecule has 1 aliphatic carbocycles. The number of hydrogen-bond donors (Lipinski definition) is 2. The maximum absolute atomic E-state index is 10.3. The standard InChI is InChI=1S/C7H14N2O/c1-5-2-6(3-5)9-4-7(8)10/h5-6,9H,2-4H2,1H3,(H2,8,10). The van der Waals surface area contributed by atoms with E-state index in [0.29, 0.717) is 12.6 Å². The molecule has 0 bridgehead atoms. The Hall–Kier alpha value is -0.570. The minimum absolute atomic E-state index is 0.264. The van der Waals surface area contributed by atoms with Gasteiger partial charge in [0.1, 0.15) is 0 Å². The van der Waals surface area contributed by atoms with Gasteiger partial charge in [0.2, 0.25) is 5.91 Å². The van der Waals surface area contributed by atoms with E-state index in [1.54, 1.807) is 0 Å². The van der Waals surface area contributed by atoms with Gasteiger partial charge in [-0.1, -0.05) is 6.92 Å². The van der Waals surface area contributed by atoms with Crippen LogP contribution in [-0.4, -0.2) is 18.5 Å². The predicted octanol–water partition coefficient (Wildman–Crippen LogP) is -0.140. The van der Waals surface area contributed by atoms with Crippen LogP contribution in [0.3, 0.4) is 0 Å². The van der Waals surface area contributed by atoms with Gasteiger partial charge in [-0.25, -0.2) is 0 Å². The molecule has 0 heterocycles. The van der Waals surface area contributed by atoms with Crippen molar-refractivity contribution in [3.63, 3.8) is 0 Å². The number of carbonyl (C=O) groups is 1. The zero-order chi connectivity index (χ0) is 7.56. The van der Waals surface area contributed by atoms with E-state index < -0.39 is 0 Å². The summed E-state index contributed by atoms with van der Waals surface area (Å²) in [7, 11) is 0. The molecule has 10 heavy (non-hydrogen) atoms. The van der Waals surface area contributed by atoms with Crippen LogP contribution in [0.2, 0.25) is 0 Å². The van der Waals surface area contributed by atoms with E-state index in [-0.39, 0.29) is 5.91 Å². The summed E-state index contributed by atoms with van der Waals surface area (Å²) < 4.78 is 0. The molecule has 1 fully saturated rings. The molecule has 1 saturated carbocycles. The SMILES string of the molecule is CC1CC(NCC(N)=O)C1. The zero-order valence-electron chi connectivity index (χ0n) is 6.26.